The highest BCUT2D eigenvalue weighted by Gasteiger charge is 2.18. The molecule has 2 aromatic carbocycles. The molecule has 0 atom stereocenters. The number of benzene rings is 2. The Labute approximate surface area is 172 Å². The maximum absolute atomic E-state index is 12.8. The second-order valence-electron chi connectivity index (χ2n) is 7.36. The van der Waals surface area contributed by atoms with Crippen LogP contribution in [0.4, 0.5) is 5.82 Å². The molecule has 0 fully saturated rings. The fourth-order valence-corrected chi connectivity index (χ4v) is 4.28. The summed E-state index contributed by atoms with van der Waals surface area (Å²) < 4.78 is 33.7. The second-order valence-corrected chi connectivity index (χ2v) is 9.04. The van der Waals surface area contributed by atoms with Crippen LogP contribution in [0, 0.1) is 13.8 Å². The number of pyridine rings is 1. The monoisotopic (exact) mass is 410 g/mol. The van der Waals surface area contributed by atoms with Gasteiger partial charge in [0.05, 0.1) is 12.0 Å². The number of anilines is 1. The molecule has 0 saturated heterocycles. The van der Waals surface area contributed by atoms with Gasteiger partial charge in [0.1, 0.15) is 11.6 Å². The minimum atomic E-state index is -3.73. The molecule has 6 heteroatoms. The van der Waals surface area contributed by atoms with Crippen molar-refractivity contribution >= 4 is 15.8 Å². The van der Waals surface area contributed by atoms with Crippen LogP contribution in [0.5, 0.6) is 5.75 Å². The van der Waals surface area contributed by atoms with E-state index in [1.165, 1.54) is 5.56 Å². The molecule has 3 rings (SSSR count). The third-order valence-electron chi connectivity index (χ3n) is 4.82. The summed E-state index contributed by atoms with van der Waals surface area (Å²) in [4.78, 5) is 4.41. The van der Waals surface area contributed by atoms with Crippen LogP contribution in [0.1, 0.15) is 36.6 Å². The van der Waals surface area contributed by atoms with Crippen LogP contribution in [0.3, 0.4) is 0 Å². The molecule has 0 spiro atoms. The van der Waals surface area contributed by atoms with Gasteiger partial charge in [0.25, 0.3) is 10.0 Å². The first-order chi connectivity index (χ1) is 13.7. The van der Waals surface area contributed by atoms with E-state index in [0.717, 1.165) is 28.1 Å². The van der Waals surface area contributed by atoms with Crippen LogP contribution in [0.25, 0.3) is 11.1 Å². The zero-order valence-corrected chi connectivity index (χ0v) is 18.2. The van der Waals surface area contributed by atoms with Crippen molar-refractivity contribution in [2.24, 2.45) is 0 Å². The number of nitrogens with one attached hydrogen (secondary N) is 1. The smallest absolute Gasteiger partial charge is 0.263 e. The summed E-state index contributed by atoms with van der Waals surface area (Å²) in [6.45, 7) is 7.99. The van der Waals surface area contributed by atoms with E-state index in [9.17, 15) is 8.42 Å². The molecular weight excluding hydrogens is 384 g/mol. The van der Waals surface area contributed by atoms with Gasteiger partial charge in [0.15, 0.2) is 0 Å². The van der Waals surface area contributed by atoms with Crippen molar-refractivity contribution in [1.29, 1.82) is 0 Å². The SMILES string of the molecule is COc1ccc(C(C)C)cc1-c1ccc(S(=O)(=O)Nc2cccc(C)n2)cc1C. The Kier molecular flexibility index (Phi) is 5.94. The summed E-state index contributed by atoms with van der Waals surface area (Å²) in [6, 6.07) is 16.5. The van der Waals surface area contributed by atoms with Crippen molar-refractivity contribution in [2.45, 2.75) is 38.5 Å². The molecule has 1 aromatic heterocycles. The predicted molar refractivity (Wildman–Crippen MR) is 117 cm³/mol. The van der Waals surface area contributed by atoms with Crippen LogP contribution < -0.4 is 9.46 Å². The molecule has 1 heterocycles. The topological polar surface area (TPSA) is 68.3 Å². The van der Waals surface area contributed by atoms with E-state index in [-0.39, 0.29) is 4.90 Å². The van der Waals surface area contributed by atoms with E-state index >= 15 is 0 Å². The molecule has 0 saturated carbocycles. The number of hydrogen-bond donors (Lipinski definition) is 1. The van der Waals surface area contributed by atoms with E-state index in [4.69, 9.17) is 4.74 Å². The Hall–Kier alpha value is -2.86. The highest BCUT2D eigenvalue weighted by molar-refractivity contribution is 7.92. The first kappa shape index (κ1) is 20.9. The first-order valence-corrected chi connectivity index (χ1v) is 10.9. The van der Waals surface area contributed by atoms with Crippen LogP contribution in [0.2, 0.25) is 0 Å². The predicted octanol–water partition coefficient (Wildman–Crippen LogP) is 5.30. The highest BCUT2D eigenvalue weighted by Crippen LogP contribution is 2.35. The molecular formula is C23H26N2O3S. The van der Waals surface area contributed by atoms with Crippen molar-refractivity contribution in [3.63, 3.8) is 0 Å². The summed E-state index contributed by atoms with van der Waals surface area (Å²) in [7, 11) is -2.09. The lowest BCUT2D eigenvalue weighted by Crippen LogP contribution is -2.14. The third kappa shape index (κ3) is 4.59. The Bertz CT molecular complexity index is 1140. The standard InChI is InChI=1S/C23H26N2O3S/c1-15(2)18-9-12-22(28-5)21(14-18)20-11-10-19(13-16(20)3)29(26,27)25-23-8-6-7-17(4)24-23/h6-15H,1-5H3,(H,24,25). The van der Waals surface area contributed by atoms with Gasteiger partial charge >= 0.3 is 0 Å². The van der Waals surface area contributed by atoms with Crippen molar-refractivity contribution in [3.05, 3.63) is 71.4 Å². The average Bonchev–Trinajstić information content (AvgIpc) is 2.67. The molecule has 0 aliphatic carbocycles. The second kappa shape index (κ2) is 8.25. The number of rotatable bonds is 6. The van der Waals surface area contributed by atoms with Crippen LogP contribution in [-0.2, 0) is 10.0 Å². The zero-order chi connectivity index (χ0) is 21.2. The Balaban J connectivity index is 2.00. The van der Waals surface area contributed by atoms with Gasteiger partial charge in [-0.3, -0.25) is 4.72 Å². The molecule has 1 N–H and O–H groups in total. The van der Waals surface area contributed by atoms with Crippen molar-refractivity contribution in [3.8, 4) is 16.9 Å². The normalized spacial score (nSPS) is 11.5. The van der Waals surface area contributed by atoms with Gasteiger partial charge in [-0.1, -0.05) is 32.0 Å². The summed E-state index contributed by atoms with van der Waals surface area (Å²) in [5.41, 5.74) is 4.69. The summed E-state index contributed by atoms with van der Waals surface area (Å²) >= 11 is 0. The van der Waals surface area contributed by atoms with Gasteiger partial charge in [0.2, 0.25) is 0 Å². The molecule has 0 bridgehead atoms. The number of aryl methyl sites for hydroxylation is 2. The van der Waals surface area contributed by atoms with Gasteiger partial charge in [-0.05, 0) is 72.9 Å². The maximum Gasteiger partial charge on any atom is 0.263 e. The Morgan fingerprint density at radius 3 is 2.34 bits per heavy atom. The van der Waals surface area contributed by atoms with E-state index < -0.39 is 10.0 Å². The van der Waals surface area contributed by atoms with Crippen LogP contribution in [-0.4, -0.2) is 20.5 Å². The highest BCUT2D eigenvalue weighted by atomic mass is 32.2. The quantitative estimate of drug-likeness (QED) is 0.599. The molecule has 29 heavy (non-hydrogen) atoms. The minimum absolute atomic E-state index is 0.195. The van der Waals surface area contributed by atoms with Crippen LogP contribution in [0.15, 0.2) is 59.5 Å². The lowest BCUT2D eigenvalue weighted by Gasteiger charge is -2.16. The fourth-order valence-electron chi connectivity index (χ4n) is 3.20. The van der Waals surface area contributed by atoms with Crippen molar-refractivity contribution in [2.75, 3.05) is 11.8 Å². The molecule has 152 valence electrons. The molecule has 3 aromatic rings. The Morgan fingerprint density at radius 2 is 1.72 bits per heavy atom. The van der Waals surface area contributed by atoms with Crippen LogP contribution >= 0.6 is 0 Å². The lowest BCUT2D eigenvalue weighted by atomic mass is 9.94. The number of nitrogens with zero attached hydrogens (tertiary/aromatic N) is 1. The Morgan fingerprint density at radius 1 is 0.966 bits per heavy atom. The molecule has 0 amide bonds. The van der Waals surface area contributed by atoms with Gasteiger partial charge < -0.3 is 4.74 Å². The van der Waals surface area contributed by atoms with Crippen molar-refractivity contribution in [1.82, 2.24) is 4.98 Å². The fraction of sp³-hybridized carbons (Fsp3) is 0.261. The molecule has 0 unspecified atom stereocenters. The molecule has 0 aliphatic rings. The first-order valence-electron chi connectivity index (χ1n) is 9.46. The van der Waals surface area contributed by atoms with E-state index in [1.807, 2.05) is 32.0 Å². The number of sulfonamides is 1. The average molecular weight is 411 g/mol. The molecule has 5 nitrogen and oxygen atoms in total. The minimum Gasteiger partial charge on any atom is -0.496 e. The lowest BCUT2D eigenvalue weighted by molar-refractivity contribution is 0.416. The largest absolute Gasteiger partial charge is 0.496 e. The summed E-state index contributed by atoms with van der Waals surface area (Å²) in [6.07, 6.45) is 0. The van der Waals surface area contributed by atoms with Gasteiger partial charge in [-0.15, -0.1) is 0 Å². The zero-order valence-electron chi connectivity index (χ0n) is 17.4. The maximum atomic E-state index is 12.8. The van der Waals surface area contributed by atoms with Gasteiger partial charge in [0, 0.05) is 11.3 Å². The van der Waals surface area contributed by atoms with E-state index in [2.05, 4.69) is 35.7 Å². The summed E-state index contributed by atoms with van der Waals surface area (Å²) in [5.74, 6) is 1.44. The van der Waals surface area contributed by atoms with E-state index in [0.29, 0.717) is 11.7 Å². The van der Waals surface area contributed by atoms with Crippen molar-refractivity contribution < 1.29 is 13.2 Å². The summed E-state index contributed by atoms with van der Waals surface area (Å²) in [5, 5.41) is 0. The number of methoxy groups -OCH3 is 1. The molecule has 0 aliphatic heterocycles. The number of hydrogen-bond acceptors (Lipinski definition) is 4. The number of aromatic nitrogens is 1. The number of ether oxygens (including phenoxy) is 1. The van der Waals surface area contributed by atoms with Gasteiger partial charge in [-0.2, -0.15) is 0 Å². The molecule has 0 radical (unpaired) electrons. The van der Waals surface area contributed by atoms with E-state index in [1.54, 1.807) is 31.4 Å². The third-order valence-corrected chi connectivity index (χ3v) is 6.17. The van der Waals surface area contributed by atoms with Gasteiger partial charge in [-0.25, -0.2) is 13.4 Å².